The Hall–Kier alpha value is -2.28. The second-order valence-corrected chi connectivity index (χ2v) is 5.75. The van der Waals surface area contributed by atoms with Gasteiger partial charge in [-0.2, -0.15) is 0 Å². The van der Waals surface area contributed by atoms with Crippen LogP contribution >= 0.6 is 11.3 Å². The molecule has 0 unspecified atom stereocenters. The van der Waals surface area contributed by atoms with E-state index in [-0.39, 0.29) is 11.4 Å². The first kappa shape index (κ1) is 13.7. The molecule has 0 fully saturated rings. The number of nitrogen functional groups attached to an aromatic ring is 1. The predicted molar refractivity (Wildman–Crippen MR) is 76.8 cm³/mol. The Morgan fingerprint density at radius 2 is 2.00 bits per heavy atom. The van der Waals surface area contributed by atoms with Crippen LogP contribution < -0.4 is 5.73 Å². The molecule has 0 aliphatic carbocycles. The van der Waals surface area contributed by atoms with Gasteiger partial charge in [0.05, 0.1) is 21.1 Å². The lowest BCUT2D eigenvalue weighted by Crippen LogP contribution is -1.92. The zero-order valence-electron chi connectivity index (χ0n) is 11.3. The number of nitrogens with zero attached hydrogens (tertiary/aromatic N) is 2. The van der Waals surface area contributed by atoms with E-state index in [0.717, 1.165) is 21.6 Å². The van der Waals surface area contributed by atoms with E-state index in [1.54, 1.807) is 0 Å². The van der Waals surface area contributed by atoms with Crippen molar-refractivity contribution in [3.63, 3.8) is 0 Å². The minimum absolute atomic E-state index is 0.0130. The molecule has 0 spiro atoms. The van der Waals surface area contributed by atoms with Crippen molar-refractivity contribution in [2.24, 2.45) is 0 Å². The van der Waals surface area contributed by atoms with Gasteiger partial charge in [0.25, 0.3) is 0 Å². The quantitative estimate of drug-likeness (QED) is 0.778. The monoisotopic (exact) mass is 307 g/mol. The molecule has 3 aromatic rings. The molecular formula is C14H11F2N3OS. The van der Waals surface area contributed by atoms with Crippen LogP contribution in [0.1, 0.15) is 10.7 Å². The molecule has 7 heteroatoms. The average Bonchev–Trinajstić information content (AvgIpc) is 2.93. The maximum atomic E-state index is 14.0. The summed E-state index contributed by atoms with van der Waals surface area (Å²) in [6.45, 7) is 3.69. The number of nitrogens with two attached hydrogens (primary N) is 1. The standard InChI is InChI=1S/C14H11F2N3OS/c1-6-13(21-7(2)18-6)12-11(14(17)20-19-12)9-4-3-8(15)5-10(9)16/h3-5H,17H2,1-2H3. The third-order valence-electron chi connectivity index (χ3n) is 3.04. The van der Waals surface area contributed by atoms with Crippen molar-refractivity contribution < 1.29 is 13.3 Å². The Labute approximate surface area is 123 Å². The normalized spacial score (nSPS) is 11.0. The van der Waals surface area contributed by atoms with E-state index in [1.165, 1.54) is 23.5 Å². The van der Waals surface area contributed by atoms with Crippen molar-refractivity contribution in [3.05, 3.63) is 40.5 Å². The predicted octanol–water partition coefficient (Wildman–Crippen LogP) is 3.94. The average molecular weight is 307 g/mol. The molecule has 108 valence electrons. The highest BCUT2D eigenvalue weighted by atomic mass is 32.1. The Morgan fingerprint density at radius 1 is 1.24 bits per heavy atom. The summed E-state index contributed by atoms with van der Waals surface area (Å²) >= 11 is 1.41. The van der Waals surface area contributed by atoms with Gasteiger partial charge < -0.3 is 10.3 Å². The summed E-state index contributed by atoms with van der Waals surface area (Å²) in [5.74, 6) is -1.39. The smallest absolute Gasteiger partial charge is 0.230 e. The number of aryl methyl sites for hydroxylation is 2. The fourth-order valence-electron chi connectivity index (χ4n) is 2.16. The second-order valence-electron chi connectivity index (χ2n) is 4.54. The third kappa shape index (κ3) is 2.29. The van der Waals surface area contributed by atoms with E-state index in [0.29, 0.717) is 11.3 Å². The molecule has 0 aliphatic rings. The van der Waals surface area contributed by atoms with Gasteiger partial charge in [0, 0.05) is 11.6 Å². The van der Waals surface area contributed by atoms with Crippen LogP contribution in [0.15, 0.2) is 22.7 Å². The fraction of sp³-hybridized carbons (Fsp3) is 0.143. The number of aromatic nitrogens is 2. The second kappa shape index (κ2) is 4.92. The molecule has 0 saturated heterocycles. The minimum atomic E-state index is -0.718. The highest BCUT2D eigenvalue weighted by molar-refractivity contribution is 7.15. The van der Waals surface area contributed by atoms with Crippen LogP contribution in [0.4, 0.5) is 14.7 Å². The first-order chi connectivity index (χ1) is 9.97. The van der Waals surface area contributed by atoms with Crippen molar-refractivity contribution >= 4 is 17.2 Å². The summed E-state index contributed by atoms with van der Waals surface area (Å²) in [7, 11) is 0. The lowest BCUT2D eigenvalue weighted by Gasteiger charge is -2.03. The molecule has 2 heterocycles. The van der Waals surface area contributed by atoms with Crippen molar-refractivity contribution in [2.45, 2.75) is 13.8 Å². The third-order valence-corrected chi connectivity index (χ3v) is 4.12. The molecule has 3 rings (SSSR count). The topological polar surface area (TPSA) is 64.9 Å². The molecule has 4 nitrogen and oxygen atoms in total. The lowest BCUT2D eigenvalue weighted by atomic mass is 10.0. The van der Waals surface area contributed by atoms with Gasteiger partial charge in [0.15, 0.2) is 0 Å². The Bertz CT molecular complexity index is 826. The maximum Gasteiger partial charge on any atom is 0.230 e. The molecular weight excluding hydrogens is 296 g/mol. The minimum Gasteiger partial charge on any atom is -0.367 e. The van der Waals surface area contributed by atoms with Crippen LogP contribution in [-0.2, 0) is 0 Å². The lowest BCUT2D eigenvalue weighted by molar-refractivity contribution is 0.439. The zero-order chi connectivity index (χ0) is 15.1. The van der Waals surface area contributed by atoms with Gasteiger partial charge in [-0.1, -0.05) is 5.16 Å². The number of hydrogen-bond acceptors (Lipinski definition) is 5. The Balaban J connectivity index is 2.24. The summed E-state index contributed by atoms with van der Waals surface area (Å²) in [5, 5.41) is 4.77. The Morgan fingerprint density at radius 3 is 2.62 bits per heavy atom. The molecule has 2 N–H and O–H groups in total. The molecule has 21 heavy (non-hydrogen) atoms. The first-order valence-corrected chi connectivity index (χ1v) is 6.94. The highest BCUT2D eigenvalue weighted by Gasteiger charge is 2.23. The van der Waals surface area contributed by atoms with Gasteiger partial charge in [0.1, 0.15) is 17.3 Å². The van der Waals surface area contributed by atoms with Gasteiger partial charge in [-0.3, -0.25) is 0 Å². The van der Waals surface area contributed by atoms with E-state index in [1.807, 2.05) is 13.8 Å². The van der Waals surface area contributed by atoms with Crippen LogP contribution in [0.2, 0.25) is 0 Å². The molecule has 1 aromatic carbocycles. The SMILES string of the molecule is Cc1nc(C)c(-c2noc(N)c2-c2ccc(F)cc2F)s1. The van der Waals surface area contributed by atoms with Crippen LogP contribution in [0.25, 0.3) is 21.7 Å². The van der Waals surface area contributed by atoms with Crippen LogP contribution in [0.3, 0.4) is 0 Å². The fourth-order valence-corrected chi connectivity index (χ4v) is 3.07. The van der Waals surface area contributed by atoms with Crippen LogP contribution in [0.5, 0.6) is 0 Å². The van der Waals surface area contributed by atoms with E-state index in [2.05, 4.69) is 10.1 Å². The van der Waals surface area contributed by atoms with Crippen molar-refractivity contribution in [3.8, 4) is 21.7 Å². The maximum absolute atomic E-state index is 14.0. The molecule has 2 aromatic heterocycles. The molecule has 0 saturated carbocycles. The molecule has 0 amide bonds. The van der Waals surface area contributed by atoms with Crippen molar-refractivity contribution in [1.82, 2.24) is 10.1 Å². The molecule has 0 atom stereocenters. The summed E-state index contributed by atoms with van der Waals surface area (Å²) in [6.07, 6.45) is 0. The number of anilines is 1. The van der Waals surface area contributed by atoms with Gasteiger partial charge in [-0.25, -0.2) is 13.8 Å². The Kier molecular flexibility index (Phi) is 3.21. The first-order valence-electron chi connectivity index (χ1n) is 6.12. The zero-order valence-corrected chi connectivity index (χ0v) is 12.1. The van der Waals surface area contributed by atoms with E-state index < -0.39 is 11.6 Å². The summed E-state index contributed by atoms with van der Waals surface area (Å²) < 4.78 is 32.1. The van der Waals surface area contributed by atoms with E-state index in [9.17, 15) is 8.78 Å². The summed E-state index contributed by atoms with van der Waals surface area (Å²) in [4.78, 5) is 5.07. The van der Waals surface area contributed by atoms with Crippen molar-refractivity contribution in [2.75, 3.05) is 5.73 Å². The number of halogens is 2. The number of rotatable bonds is 2. The van der Waals surface area contributed by atoms with Gasteiger partial charge >= 0.3 is 0 Å². The highest BCUT2D eigenvalue weighted by Crippen LogP contribution is 2.40. The molecule has 0 bridgehead atoms. The van der Waals surface area contributed by atoms with Crippen LogP contribution in [0, 0.1) is 25.5 Å². The van der Waals surface area contributed by atoms with Crippen LogP contribution in [-0.4, -0.2) is 10.1 Å². The summed E-state index contributed by atoms with van der Waals surface area (Å²) in [5.41, 5.74) is 7.41. The van der Waals surface area contributed by atoms with Gasteiger partial charge in [-0.05, 0) is 26.0 Å². The molecule has 0 radical (unpaired) electrons. The van der Waals surface area contributed by atoms with Gasteiger partial charge in [-0.15, -0.1) is 11.3 Å². The molecule has 0 aliphatic heterocycles. The van der Waals surface area contributed by atoms with Gasteiger partial charge in [0.2, 0.25) is 5.88 Å². The van der Waals surface area contributed by atoms with Crippen molar-refractivity contribution in [1.29, 1.82) is 0 Å². The number of thiazole rings is 1. The van der Waals surface area contributed by atoms with E-state index >= 15 is 0 Å². The summed E-state index contributed by atoms with van der Waals surface area (Å²) in [6, 6.07) is 3.29. The largest absolute Gasteiger partial charge is 0.367 e. The number of benzene rings is 1. The number of hydrogen-bond donors (Lipinski definition) is 1. The van der Waals surface area contributed by atoms with E-state index in [4.69, 9.17) is 10.3 Å².